The first kappa shape index (κ1) is 19.9. The van der Waals surface area contributed by atoms with E-state index in [0.29, 0.717) is 18.4 Å². The fourth-order valence-corrected chi connectivity index (χ4v) is 5.57. The summed E-state index contributed by atoms with van der Waals surface area (Å²) in [6.45, 7) is 0.657. The van der Waals surface area contributed by atoms with Crippen molar-refractivity contribution >= 4 is 5.91 Å². The number of hydrogen-bond acceptors (Lipinski definition) is 3. The minimum absolute atomic E-state index is 0.102. The van der Waals surface area contributed by atoms with Gasteiger partial charge in [-0.15, -0.1) is 0 Å². The van der Waals surface area contributed by atoms with Crippen molar-refractivity contribution in [1.29, 1.82) is 5.26 Å². The highest BCUT2D eigenvalue weighted by molar-refractivity contribution is 5.98. The molecular formula is C24H21F3N2O2. The van der Waals surface area contributed by atoms with Crippen LogP contribution in [-0.2, 0) is 12.7 Å². The maximum Gasteiger partial charge on any atom is 0.417 e. The van der Waals surface area contributed by atoms with Gasteiger partial charge in [0.25, 0.3) is 5.91 Å². The van der Waals surface area contributed by atoms with Crippen LogP contribution in [0.15, 0.2) is 42.5 Å². The average molecular weight is 426 g/mol. The number of nitrogens with zero attached hydrogens (tertiary/aromatic N) is 2. The zero-order valence-electron chi connectivity index (χ0n) is 16.7. The minimum Gasteiger partial charge on any atom is -0.490 e. The lowest BCUT2D eigenvalue weighted by Gasteiger charge is -2.25. The molecule has 0 saturated heterocycles. The summed E-state index contributed by atoms with van der Waals surface area (Å²) in [6.07, 6.45) is -1.37. The minimum atomic E-state index is -4.59. The largest absolute Gasteiger partial charge is 0.490 e. The molecule has 0 bridgehead atoms. The first-order valence-corrected chi connectivity index (χ1v) is 10.5. The fourth-order valence-electron chi connectivity index (χ4n) is 5.57. The number of rotatable bonds is 3. The van der Waals surface area contributed by atoms with E-state index < -0.39 is 17.3 Å². The summed E-state index contributed by atoms with van der Waals surface area (Å²) in [5, 5.41) is 8.94. The van der Waals surface area contributed by atoms with Crippen LogP contribution >= 0.6 is 0 Å². The van der Waals surface area contributed by atoms with Gasteiger partial charge in [-0.3, -0.25) is 4.79 Å². The van der Waals surface area contributed by atoms with Crippen molar-refractivity contribution in [3.63, 3.8) is 0 Å². The molecule has 2 aliphatic carbocycles. The van der Waals surface area contributed by atoms with Gasteiger partial charge in [-0.25, -0.2) is 0 Å². The van der Waals surface area contributed by atoms with Crippen molar-refractivity contribution in [3.8, 4) is 11.8 Å². The van der Waals surface area contributed by atoms with Crippen LogP contribution in [0.2, 0.25) is 0 Å². The second kappa shape index (κ2) is 7.30. The Labute approximate surface area is 178 Å². The number of benzene rings is 2. The van der Waals surface area contributed by atoms with Crippen molar-refractivity contribution in [2.45, 2.75) is 50.6 Å². The van der Waals surface area contributed by atoms with Crippen molar-refractivity contribution in [1.82, 2.24) is 4.90 Å². The molecule has 2 fully saturated rings. The maximum atomic E-state index is 13.2. The molecule has 2 aromatic carbocycles. The van der Waals surface area contributed by atoms with E-state index in [1.807, 2.05) is 29.2 Å². The second-order valence-corrected chi connectivity index (χ2v) is 8.76. The normalized spacial score (nSPS) is 27.2. The Bertz CT molecular complexity index is 1060. The topological polar surface area (TPSA) is 53.3 Å². The van der Waals surface area contributed by atoms with E-state index in [1.54, 1.807) is 6.07 Å². The van der Waals surface area contributed by atoms with Gasteiger partial charge in [-0.1, -0.05) is 18.2 Å². The average Bonchev–Trinajstić information content (AvgIpc) is 3.39. The highest BCUT2D eigenvalue weighted by atomic mass is 19.4. The molecule has 1 aliphatic heterocycles. The third-order valence-electron chi connectivity index (χ3n) is 6.96. The van der Waals surface area contributed by atoms with E-state index in [9.17, 15) is 18.0 Å². The molecule has 1 amide bonds. The third kappa shape index (κ3) is 3.54. The molecule has 2 unspecified atom stereocenters. The van der Waals surface area contributed by atoms with Crippen molar-refractivity contribution in [2.75, 3.05) is 0 Å². The number of carbonyl (C=O) groups is 1. The van der Waals surface area contributed by atoms with Crippen LogP contribution in [0.25, 0.3) is 0 Å². The number of halogens is 3. The van der Waals surface area contributed by atoms with Gasteiger partial charge in [-0.05, 0) is 67.3 Å². The molecule has 0 N–H and O–H groups in total. The quantitative estimate of drug-likeness (QED) is 0.681. The highest BCUT2D eigenvalue weighted by Crippen LogP contribution is 2.48. The molecule has 4 nitrogen and oxygen atoms in total. The molecule has 3 aliphatic rings. The number of alkyl halides is 3. The Balaban J connectivity index is 1.23. The monoisotopic (exact) mass is 426 g/mol. The van der Waals surface area contributed by atoms with E-state index in [-0.39, 0.29) is 23.8 Å². The molecule has 2 atom stereocenters. The number of ether oxygens (including phenoxy) is 1. The lowest BCUT2D eigenvalue weighted by molar-refractivity contribution is -0.137. The van der Waals surface area contributed by atoms with Crippen LogP contribution < -0.4 is 4.74 Å². The molecule has 5 rings (SSSR count). The van der Waals surface area contributed by atoms with E-state index in [1.165, 1.54) is 12.1 Å². The first-order chi connectivity index (χ1) is 14.8. The molecule has 2 aromatic rings. The fraction of sp³-hybridized carbons (Fsp3) is 0.417. The smallest absolute Gasteiger partial charge is 0.417 e. The maximum absolute atomic E-state index is 13.2. The summed E-state index contributed by atoms with van der Waals surface area (Å²) in [5.74, 6) is 1.07. The number of fused-ring (bicyclic) bond motifs is 2. The Hall–Kier alpha value is -3.01. The van der Waals surface area contributed by atoms with Crippen molar-refractivity contribution < 1.29 is 22.7 Å². The number of carbonyl (C=O) groups excluding carboxylic acids is 1. The standard InChI is InChI=1S/C24H21F3N2O2/c25-24(26,27)22-11-19(6-5-14(22)12-28)31-20-9-16-7-18(8-17(16)10-20)29-13-15-3-1-2-4-21(15)23(29)30/h1-6,11,16-18,20H,7-10,13H2. The van der Waals surface area contributed by atoms with Crippen molar-refractivity contribution in [3.05, 3.63) is 64.7 Å². The summed E-state index contributed by atoms with van der Waals surface area (Å²) >= 11 is 0. The summed E-state index contributed by atoms with van der Waals surface area (Å²) in [7, 11) is 0. The third-order valence-corrected chi connectivity index (χ3v) is 6.96. The summed E-state index contributed by atoms with van der Waals surface area (Å²) in [5.41, 5.74) is 0.509. The summed E-state index contributed by atoms with van der Waals surface area (Å²) in [6, 6.07) is 13.0. The molecule has 7 heteroatoms. The van der Waals surface area contributed by atoms with Gasteiger partial charge in [0.2, 0.25) is 0 Å². The number of amides is 1. The van der Waals surface area contributed by atoms with Crippen LogP contribution in [0.3, 0.4) is 0 Å². The number of hydrogen-bond donors (Lipinski definition) is 0. The zero-order valence-corrected chi connectivity index (χ0v) is 16.7. The van der Waals surface area contributed by atoms with E-state index >= 15 is 0 Å². The SMILES string of the molecule is N#Cc1ccc(OC2CC3CC(N4Cc5ccccc5C4=O)CC3C2)cc1C(F)(F)F. The summed E-state index contributed by atoms with van der Waals surface area (Å²) in [4.78, 5) is 14.7. The zero-order chi connectivity index (χ0) is 21.8. The first-order valence-electron chi connectivity index (χ1n) is 10.5. The summed E-state index contributed by atoms with van der Waals surface area (Å²) < 4.78 is 45.5. The van der Waals surface area contributed by atoms with E-state index in [2.05, 4.69) is 0 Å². The second-order valence-electron chi connectivity index (χ2n) is 8.76. The van der Waals surface area contributed by atoms with Gasteiger partial charge in [0.05, 0.1) is 23.3 Å². The molecule has 0 aromatic heterocycles. The van der Waals surface area contributed by atoms with Crippen molar-refractivity contribution in [2.24, 2.45) is 11.8 Å². The number of nitriles is 1. The Morgan fingerprint density at radius 1 is 1.03 bits per heavy atom. The molecule has 2 saturated carbocycles. The van der Waals surface area contributed by atoms with Crippen LogP contribution in [0.1, 0.15) is 52.7 Å². The van der Waals surface area contributed by atoms with E-state index in [0.717, 1.165) is 42.9 Å². The molecule has 0 spiro atoms. The van der Waals surface area contributed by atoms with Gasteiger partial charge >= 0.3 is 6.18 Å². The lowest BCUT2D eigenvalue weighted by atomic mass is 10.0. The van der Waals surface area contributed by atoms with Gasteiger partial charge in [0, 0.05) is 18.2 Å². The Morgan fingerprint density at radius 3 is 2.39 bits per heavy atom. The van der Waals surface area contributed by atoms with Gasteiger partial charge in [-0.2, -0.15) is 18.4 Å². The molecule has 160 valence electrons. The van der Waals surface area contributed by atoms with Crippen LogP contribution in [-0.4, -0.2) is 23.0 Å². The lowest BCUT2D eigenvalue weighted by Crippen LogP contribution is -2.34. The molecular weight excluding hydrogens is 405 g/mol. The van der Waals surface area contributed by atoms with Crippen LogP contribution in [0.4, 0.5) is 13.2 Å². The Morgan fingerprint density at radius 2 is 1.74 bits per heavy atom. The van der Waals surface area contributed by atoms with Gasteiger partial charge in [0.1, 0.15) is 5.75 Å². The molecule has 0 radical (unpaired) electrons. The van der Waals surface area contributed by atoms with Crippen LogP contribution in [0.5, 0.6) is 5.75 Å². The molecule has 1 heterocycles. The van der Waals surface area contributed by atoms with E-state index in [4.69, 9.17) is 10.00 Å². The highest BCUT2D eigenvalue weighted by Gasteiger charge is 2.46. The van der Waals surface area contributed by atoms with Gasteiger partial charge in [0.15, 0.2) is 0 Å². The predicted octanol–water partition coefficient (Wildman–Crippen LogP) is 5.17. The Kier molecular flexibility index (Phi) is 4.69. The van der Waals surface area contributed by atoms with Crippen LogP contribution in [0, 0.1) is 23.2 Å². The predicted molar refractivity (Wildman–Crippen MR) is 106 cm³/mol. The van der Waals surface area contributed by atoms with Gasteiger partial charge < -0.3 is 9.64 Å². The molecule has 31 heavy (non-hydrogen) atoms.